The highest BCUT2D eigenvalue weighted by molar-refractivity contribution is 5.81. The molecule has 1 amide bonds. The van der Waals surface area contributed by atoms with Gasteiger partial charge in [0.1, 0.15) is 6.54 Å². The number of amides is 1. The SMILES string of the molecule is O=C(Cn1c(=O)[nH]c(=O)c2ccccc21)NCC(O)Cn1cccn1. The quantitative estimate of drug-likeness (QED) is 0.533. The molecule has 2 heterocycles. The van der Waals surface area contributed by atoms with Crippen LogP contribution in [0.4, 0.5) is 0 Å². The number of aromatic amines is 1. The van der Waals surface area contributed by atoms with E-state index in [0.717, 1.165) is 0 Å². The fourth-order valence-electron chi connectivity index (χ4n) is 2.52. The van der Waals surface area contributed by atoms with Crippen molar-refractivity contribution in [3.8, 4) is 0 Å². The monoisotopic (exact) mass is 343 g/mol. The molecule has 1 aromatic carbocycles. The van der Waals surface area contributed by atoms with Crippen molar-refractivity contribution in [1.29, 1.82) is 0 Å². The van der Waals surface area contributed by atoms with Gasteiger partial charge in [-0.15, -0.1) is 0 Å². The third-order valence-electron chi connectivity index (χ3n) is 3.70. The minimum absolute atomic E-state index is 0.0225. The molecule has 1 unspecified atom stereocenters. The summed E-state index contributed by atoms with van der Waals surface area (Å²) in [6.45, 7) is 0.00810. The maximum Gasteiger partial charge on any atom is 0.329 e. The summed E-state index contributed by atoms with van der Waals surface area (Å²) >= 11 is 0. The molecule has 0 bridgehead atoms. The molecule has 0 aliphatic rings. The molecule has 9 nitrogen and oxygen atoms in total. The van der Waals surface area contributed by atoms with E-state index in [1.165, 1.54) is 4.57 Å². The highest BCUT2D eigenvalue weighted by Gasteiger charge is 2.12. The van der Waals surface area contributed by atoms with Crippen molar-refractivity contribution in [2.75, 3.05) is 6.54 Å². The predicted octanol–water partition coefficient (Wildman–Crippen LogP) is -0.936. The van der Waals surface area contributed by atoms with Crippen LogP contribution < -0.4 is 16.6 Å². The normalized spacial score (nSPS) is 12.2. The zero-order valence-electron chi connectivity index (χ0n) is 13.3. The molecule has 0 aliphatic carbocycles. The Labute approximate surface area is 141 Å². The standard InChI is InChI=1S/C16H17N5O4/c22-11(9-20-7-3-6-18-20)8-17-14(23)10-21-13-5-2-1-4-12(13)15(24)19-16(21)25/h1-7,11,22H,8-10H2,(H,17,23)(H,19,24,25). The minimum atomic E-state index is -0.812. The lowest BCUT2D eigenvalue weighted by Crippen LogP contribution is -2.39. The largest absolute Gasteiger partial charge is 0.389 e. The van der Waals surface area contributed by atoms with Crippen LogP contribution in [0.1, 0.15) is 0 Å². The molecule has 2 aromatic heterocycles. The highest BCUT2D eigenvalue weighted by Crippen LogP contribution is 2.06. The van der Waals surface area contributed by atoms with E-state index in [0.29, 0.717) is 10.9 Å². The smallest absolute Gasteiger partial charge is 0.329 e. The number of hydrogen-bond acceptors (Lipinski definition) is 5. The van der Waals surface area contributed by atoms with Crippen molar-refractivity contribution < 1.29 is 9.90 Å². The zero-order chi connectivity index (χ0) is 17.8. The molecule has 0 fully saturated rings. The van der Waals surface area contributed by atoms with Crippen LogP contribution in [-0.4, -0.2) is 43.0 Å². The van der Waals surface area contributed by atoms with Crippen LogP contribution in [0.5, 0.6) is 0 Å². The molecule has 25 heavy (non-hydrogen) atoms. The number of H-pyrrole nitrogens is 1. The molecule has 0 aliphatic heterocycles. The van der Waals surface area contributed by atoms with Crippen molar-refractivity contribution in [2.45, 2.75) is 19.2 Å². The average Bonchev–Trinajstić information content (AvgIpc) is 3.10. The Morgan fingerprint density at radius 1 is 1.28 bits per heavy atom. The van der Waals surface area contributed by atoms with Gasteiger partial charge in [0.2, 0.25) is 5.91 Å². The van der Waals surface area contributed by atoms with Gasteiger partial charge >= 0.3 is 5.69 Å². The molecule has 130 valence electrons. The Bertz CT molecular complexity index is 990. The van der Waals surface area contributed by atoms with Gasteiger partial charge in [0, 0.05) is 18.9 Å². The Morgan fingerprint density at radius 2 is 2.08 bits per heavy atom. The van der Waals surface area contributed by atoms with Crippen LogP contribution in [0.3, 0.4) is 0 Å². The third-order valence-corrected chi connectivity index (χ3v) is 3.70. The molecule has 9 heteroatoms. The number of fused-ring (bicyclic) bond motifs is 1. The average molecular weight is 343 g/mol. The Balaban J connectivity index is 1.68. The van der Waals surface area contributed by atoms with Crippen molar-refractivity contribution in [3.05, 3.63) is 63.6 Å². The number of carbonyl (C=O) groups excluding carboxylic acids is 1. The lowest BCUT2D eigenvalue weighted by Gasteiger charge is -2.13. The van der Waals surface area contributed by atoms with Crippen molar-refractivity contribution >= 4 is 16.8 Å². The number of benzene rings is 1. The molecule has 0 spiro atoms. The summed E-state index contributed by atoms with van der Waals surface area (Å²) in [5.74, 6) is -0.446. The zero-order valence-corrected chi connectivity index (χ0v) is 13.3. The second-order valence-corrected chi connectivity index (χ2v) is 5.55. The second kappa shape index (κ2) is 7.14. The van der Waals surface area contributed by atoms with Gasteiger partial charge in [-0.25, -0.2) is 4.79 Å². The van der Waals surface area contributed by atoms with Gasteiger partial charge in [-0.2, -0.15) is 5.10 Å². The van der Waals surface area contributed by atoms with Gasteiger partial charge in [-0.05, 0) is 18.2 Å². The number of nitrogens with one attached hydrogen (secondary N) is 2. The third kappa shape index (κ3) is 3.83. The summed E-state index contributed by atoms with van der Waals surface area (Å²) in [5.41, 5.74) is -0.772. The van der Waals surface area contributed by atoms with E-state index in [9.17, 15) is 19.5 Å². The van der Waals surface area contributed by atoms with E-state index in [-0.39, 0.29) is 19.6 Å². The first-order valence-corrected chi connectivity index (χ1v) is 7.68. The Morgan fingerprint density at radius 3 is 2.84 bits per heavy atom. The maximum atomic E-state index is 12.1. The second-order valence-electron chi connectivity index (χ2n) is 5.55. The number of aromatic nitrogens is 4. The van der Waals surface area contributed by atoms with Crippen LogP contribution >= 0.6 is 0 Å². The van der Waals surface area contributed by atoms with E-state index >= 15 is 0 Å². The summed E-state index contributed by atoms with van der Waals surface area (Å²) in [5, 5.41) is 16.8. The highest BCUT2D eigenvalue weighted by atomic mass is 16.3. The molecule has 3 aromatic rings. The first kappa shape index (κ1) is 16.7. The molecule has 0 radical (unpaired) electrons. The van der Waals surface area contributed by atoms with Crippen molar-refractivity contribution in [1.82, 2.24) is 24.6 Å². The van der Waals surface area contributed by atoms with E-state index in [4.69, 9.17) is 0 Å². The molecule has 3 rings (SSSR count). The number of carbonyl (C=O) groups is 1. The summed E-state index contributed by atoms with van der Waals surface area (Å²) in [7, 11) is 0. The Kier molecular flexibility index (Phi) is 4.75. The number of hydrogen-bond donors (Lipinski definition) is 3. The topological polar surface area (TPSA) is 122 Å². The summed E-state index contributed by atoms with van der Waals surface area (Å²) in [4.78, 5) is 38.1. The fraction of sp³-hybridized carbons (Fsp3) is 0.250. The van der Waals surface area contributed by atoms with Gasteiger partial charge in [0.05, 0.1) is 23.6 Å². The first-order valence-electron chi connectivity index (χ1n) is 7.68. The molecule has 0 saturated carbocycles. The van der Waals surface area contributed by atoms with E-state index in [2.05, 4.69) is 15.4 Å². The van der Waals surface area contributed by atoms with Crippen LogP contribution in [0.15, 0.2) is 52.3 Å². The Hall–Kier alpha value is -3.20. The van der Waals surface area contributed by atoms with Crippen molar-refractivity contribution in [3.63, 3.8) is 0 Å². The van der Waals surface area contributed by atoms with Crippen LogP contribution in [0.25, 0.3) is 10.9 Å². The lowest BCUT2D eigenvalue weighted by molar-refractivity contribution is -0.122. The van der Waals surface area contributed by atoms with Gasteiger partial charge in [0.15, 0.2) is 0 Å². The van der Waals surface area contributed by atoms with Crippen LogP contribution in [0.2, 0.25) is 0 Å². The summed E-state index contributed by atoms with van der Waals surface area (Å²) < 4.78 is 2.74. The lowest BCUT2D eigenvalue weighted by atomic mass is 10.2. The van der Waals surface area contributed by atoms with Crippen LogP contribution in [0, 0.1) is 0 Å². The minimum Gasteiger partial charge on any atom is -0.389 e. The summed E-state index contributed by atoms with van der Waals surface area (Å²) in [6.07, 6.45) is 2.49. The van der Waals surface area contributed by atoms with Gasteiger partial charge < -0.3 is 10.4 Å². The molecular weight excluding hydrogens is 326 g/mol. The first-order chi connectivity index (χ1) is 12.0. The molecule has 1 atom stereocenters. The fourth-order valence-corrected chi connectivity index (χ4v) is 2.52. The van der Waals surface area contributed by atoms with Crippen molar-refractivity contribution in [2.24, 2.45) is 0 Å². The van der Waals surface area contributed by atoms with Gasteiger partial charge in [-0.1, -0.05) is 12.1 Å². The number of aliphatic hydroxyl groups excluding tert-OH is 1. The number of rotatable bonds is 6. The summed E-state index contributed by atoms with van der Waals surface area (Å²) in [6, 6.07) is 8.28. The molecular formula is C16H17N5O4. The number of aliphatic hydroxyl groups is 1. The van der Waals surface area contributed by atoms with E-state index in [1.807, 2.05) is 0 Å². The number of nitrogens with zero attached hydrogens (tertiary/aromatic N) is 3. The van der Waals surface area contributed by atoms with Crippen LogP contribution in [-0.2, 0) is 17.9 Å². The molecule has 3 N–H and O–H groups in total. The van der Waals surface area contributed by atoms with E-state index < -0.39 is 23.3 Å². The number of para-hydroxylation sites is 1. The van der Waals surface area contributed by atoms with Gasteiger partial charge in [-0.3, -0.25) is 23.8 Å². The molecule has 0 saturated heterocycles. The maximum absolute atomic E-state index is 12.1. The van der Waals surface area contributed by atoms with E-state index in [1.54, 1.807) is 47.4 Å². The predicted molar refractivity (Wildman–Crippen MR) is 90.1 cm³/mol. The van der Waals surface area contributed by atoms with Gasteiger partial charge in [0.25, 0.3) is 5.56 Å².